The summed E-state index contributed by atoms with van der Waals surface area (Å²) in [5.74, 6) is 1.55. The molecule has 4 rings (SSSR count). The van der Waals surface area contributed by atoms with E-state index in [0.29, 0.717) is 23.9 Å². The molecule has 4 atom stereocenters. The van der Waals surface area contributed by atoms with Crippen LogP contribution < -0.4 is 0 Å². The van der Waals surface area contributed by atoms with Gasteiger partial charge in [0.05, 0.1) is 29.0 Å². The van der Waals surface area contributed by atoms with E-state index >= 15 is 0 Å². The van der Waals surface area contributed by atoms with Gasteiger partial charge in [-0.1, -0.05) is 13.8 Å². The Balaban J connectivity index is 1.55. The van der Waals surface area contributed by atoms with Crippen molar-refractivity contribution in [3.05, 3.63) is 15.6 Å². The Bertz CT molecular complexity index is 686. The third kappa shape index (κ3) is 2.73. The van der Waals surface area contributed by atoms with Crippen molar-refractivity contribution in [3.63, 3.8) is 0 Å². The highest BCUT2D eigenvalue weighted by Crippen LogP contribution is 2.55. The number of carbonyl (C=O) groups excluding carboxylic acids is 1. The summed E-state index contributed by atoms with van der Waals surface area (Å²) in [4.78, 5) is 22.9. The predicted octanol–water partition coefficient (Wildman–Crippen LogP) is 2.76. The van der Waals surface area contributed by atoms with E-state index in [4.69, 9.17) is 4.74 Å². The molecular formula is C19H29N3O2S. The molecule has 2 bridgehead atoms. The van der Waals surface area contributed by atoms with E-state index in [1.54, 1.807) is 11.3 Å². The van der Waals surface area contributed by atoms with E-state index in [2.05, 4.69) is 37.8 Å². The number of aromatic nitrogens is 1. The first-order valence-corrected chi connectivity index (χ1v) is 10.2. The molecule has 1 aromatic heterocycles. The lowest BCUT2D eigenvalue weighted by atomic mass is 9.73. The molecule has 0 unspecified atom stereocenters. The first kappa shape index (κ1) is 17.4. The standard InChI is InChI=1S/C19H29N3O2S/c1-11(2)17-20-12(3)16(25-17)18(23)22-9-14-13(8-21(4)5)15-6-7-19(14,10-22)24-15/h11,13-15H,6-10H2,1-5H3/t13-,14+,15+,19+/m1/s1. The SMILES string of the molecule is Cc1nc(C(C)C)sc1C(=O)N1C[C@H]2[C@@H](CN(C)C)[C@@H]3CC[C@@]2(C1)O3. The van der Waals surface area contributed by atoms with Crippen LogP contribution in [0.15, 0.2) is 0 Å². The van der Waals surface area contributed by atoms with Gasteiger partial charge < -0.3 is 14.5 Å². The lowest BCUT2D eigenvalue weighted by molar-refractivity contribution is 0.00260. The molecule has 3 aliphatic heterocycles. The van der Waals surface area contributed by atoms with Crippen LogP contribution in [0, 0.1) is 18.8 Å². The van der Waals surface area contributed by atoms with Crippen molar-refractivity contribution in [3.8, 4) is 0 Å². The largest absolute Gasteiger partial charge is 0.369 e. The Morgan fingerprint density at radius 3 is 2.88 bits per heavy atom. The second kappa shape index (κ2) is 6.03. The van der Waals surface area contributed by atoms with Crippen molar-refractivity contribution in [1.29, 1.82) is 0 Å². The van der Waals surface area contributed by atoms with Crippen molar-refractivity contribution in [1.82, 2.24) is 14.8 Å². The molecule has 6 heteroatoms. The average Bonchev–Trinajstić information content (AvgIpc) is 3.26. The molecule has 1 spiro atoms. The number of ether oxygens (including phenoxy) is 1. The minimum atomic E-state index is -0.0829. The maximum Gasteiger partial charge on any atom is 0.265 e. The number of thiazole rings is 1. The van der Waals surface area contributed by atoms with Crippen molar-refractivity contribution in [2.75, 3.05) is 33.7 Å². The predicted molar refractivity (Wildman–Crippen MR) is 99.2 cm³/mol. The lowest BCUT2D eigenvalue weighted by Crippen LogP contribution is -2.40. The highest BCUT2D eigenvalue weighted by atomic mass is 32.1. The molecule has 0 saturated carbocycles. The summed E-state index contributed by atoms with van der Waals surface area (Å²) in [6.07, 6.45) is 2.64. The van der Waals surface area contributed by atoms with Crippen molar-refractivity contribution >= 4 is 17.2 Å². The Hall–Kier alpha value is -0.980. The molecule has 3 saturated heterocycles. The molecule has 0 radical (unpaired) electrons. The number of fused-ring (bicyclic) bond motifs is 1. The van der Waals surface area contributed by atoms with Gasteiger partial charge in [0.15, 0.2) is 0 Å². The van der Waals surface area contributed by atoms with Gasteiger partial charge in [-0.05, 0) is 33.9 Å². The Morgan fingerprint density at radius 2 is 2.24 bits per heavy atom. The average molecular weight is 364 g/mol. The summed E-state index contributed by atoms with van der Waals surface area (Å²) in [6, 6.07) is 0. The van der Waals surface area contributed by atoms with Gasteiger partial charge in [-0.3, -0.25) is 4.79 Å². The highest BCUT2D eigenvalue weighted by Gasteiger charge is 2.63. The third-order valence-electron chi connectivity index (χ3n) is 6.15. The second-order valence-electron chi connectivity index (χ2n) is 8.60. The fraction of sp³-hybridized carbons (Fsp3) is 0.789. The first-order chi connectivity index (χ1) is 11.8. The number of hydrogen-bond acceptors (Lipinski definition) is 5. The summed E-state index contributed by atoms with van der Waals surface area (Å²) in [5, 5.41) is 1.06. The summed E-state index contributed by atoms with van der Waals surface area (Å²) in [7, 11) is 4.26. The van der Waals surface area contributed by atoms with Crippen LogP contribution in [-0.4, -0.2) is 66.1 Å². The van der Waals surface area contributed by atoms with Gasteiger partial charge in [-0.15, -0.1) is 11.3 Å². The summed E-state index contributed by atoms with van der Waals surface area (Å²) >= 11 is 1.57. The summed E-state index contributed by atoms with van der Waals surface area (Å²) in [5.41, 5.74) is 0.795. The van der Waals surface area contributed by atoms with Gasteiger partial charge in [-0.2, -0.15) is 0 Å². The van der Waals surface area contributed by atoms with Crippen LogP contribution in [0.25, 0.3) is 0 Å². The fourth-order valence-electron chi connectivity index (χ4n) is 5.02. The van der Waals surface area contributed by atoms with Gasteiger partial charge in [-0.25, -0.2) is 4.98 Å². The van der Waals surface area contributed by atoms with Crippen LogP contribution in [0.4, 0.5) is 0 Å². The second-order valence-corrected chi connectivity index (χ2v) is 9.63. The van der Waals surface area contributed by atoms with Gasteiger partial charge in [0.1, 0.15) is 4.88 Å². The minimum absolute atomic E-state index is 0.0829. The van der Waals surface area contributed by atoms with Gasteiger partial charge >= 0.3 is 0 Å². The van der Waals surface area contributed by atoms with Crippen LogP contribution >= 0.6 is 11.3 Å². The summed E-state index contributed by atoms with van der Waals surface area (Å²) < 4.78 is 6.45. The number of nitrogens with zero attached hydrogens (tertiary/aromatic N) is 3. The zero-order valence-corrected chi connectivity index (χ0v) is 16.7. The molecule has 0 aromatic carbocycles. The van der Waals surface area contributed by atoms with Crippen molar-refractivity contribution in [2.45, 2.75) is 51.2 Å². The quantitative estimate of drug-likeness (QED) is 0.825. The van der Waals surface area contributed by atoms with E-state index in [-0.39, 0.29) is 11.5 Å². The maximum absolute atomic E-state index is 13.2. The van der Waals surface area contributed by atoms with E-state index in [1.807, 2.05) is 11.8 Å². The topological polar surface area (TPSA) is 45.7 Å². The molecule has 1 aromatic rings. The number of amides is 1. The molecule has 4 heterocycles. The van der Waals surface area contributed by atoms with Crippen molar-refractivity contribution in [2.24, 2.45) is 11.8 Å². The number of carbonyl (C=O) groups is 1. The Kier molecular flexibility index (Phi) is 4.21. The zero-order valence-electron chi connectivity index (χ0n) is 15.9. The molecule has 0 aliphatic carbocycles. The molecule has 138 valence electrons. The first-order valence-electron chi connectivity index (χ1n) is 9.40. The Morgan fingerprint density at radius 1 is 1.48 bits per heavy atom. The van der Waals surface area contributed by atoms with Gasteiger partial charge in [0.2, 0.25) is 0 Å². The molecule has 3 aliphatic rings. The van der Waals surface area contributed by atoms with E-state index in [9.17, 15) is 4.79 Å². The Labute approximate surface area is 154 Å². The number of hydrogen-bond donors (Lipinski definition) is 0. The van der Waals surface area contributed by atoms with E-state index in [1.165, 1.54) is 0 Å². The van der Waals surface area contributed by atoms with Crippen LogP contribution in [0.2, 0.25) is 0 Å². The third-order valence-corrected chi connectivity index (χ3v) is 7.59. The van der Waals surface area contributed by atoms with Crippen LogP contribution in [0.1, 0.15) is 53.0 Å². The highest BCUT2D eigenvalue weighted by molar-refractivity contribution is 7.13. The molecule has 5 nitrogen and oxygen atoms in total. The molecule has 1 amide bonds. The minimum Gasteiger partial charge on any atom is -0.369 e. The van der Waals surface area contributed by atoms with Crippen LogP contribution in [0.5, 0.6) is 0 Å². The van der Waals surface area contributed by atoms with Gasteiger partial charge in [0.25, 0.3) is 5.91 Å². The smallest absolute Gasteiger partial charge is 0.265 e. The monoisotopic (exact) mass is 363 g/mol. The normalized spacial score (nSPS) is 33.7. The molecular weight excluding hydrogens is 334 g/mol. The van der Waals surface area contributed by atoms with E-state index in [0.717, 1.165) is 48.1 Å². The maximum atomic E-state index is 13.2. The van der Waals surface area contributed by atoms with Crippen molar-refractivity contribution < 1.29 is 9.53 Å². The molecule has 25 heavy (non-hydrogen) atoms. The van der Waals surface area contributed by atoms with Crippen LogP contribution in [0.3, 0.4) is 0 Å². The number of likely N-dealkylation sites (tertiary alicyclic amines) is 1. The zero-order chi connectivity index (χ0) is 17.9. The van der Waals surface area contributed by atoms with Crippen LogP contribution in [-0.2, 0) is 4.74 Å². The molecule has 0 N–H and O–H groups in total. The fourth-order valence-corrected chi connectivity index (χ4v) is 6.05. The number of rotatable bonds is 4. The molecule has 3 fully saturated rings. The van der Waals surface area contributed by atoms with E-state index < -0.39 is 0 Å². The lowest BCUT2D eigenvalue weighted by Gasteiger charge is -2.30. The number of aryl methyl sites for hydroxylation is 1. The van der Waals surface area contributed by atoms with Gasteiger partial charge in [0, 0.05) is 30.8 Å². The summed E-state index contributed by atoms with van der Waals surface area (Å²) in [6.45, 7) is 8.86.